The number of thiazole rings is 1. The van der Waals surface area contributed by atoms with E-state index in [2.05, 4.69) is 4.98 Å². The van der Waals surface area contributed by atoms with Gasteiger partial charge in [0.2, 0.25) is 0 Å². The Kier molecular flexibility index (Phi) is 2.76. The fraction of sp³-hybridized carbons (Fsp3) is 0. The molecule has 0 saturated carbocycles. The van der Waals surface area contributed by atoms with Crippen LogP contribution in [0.4, 0.5) is 8.78 Å². The van der Waals surface area contributed by atoms with Gasteiger partial charge in [0.05, 0.1) is 5.56 Å². The summed E-state index contributed by atoms with van der Waals surface area (Å²) in [5, 5.41) is 18.8. The van der Waals surface area contributed by atoms with Crippen LogP contribution in [-0.4, -0.2) is 21.2 Å². The largest absolute Gasteiger partial charge is 0.505 e. The molecule has 0 aliphatic carbocycles. The van der Waals surface area contributed by atoms with Gasteiger partial charge in [-0.1, -0.05) is 0 Å². The van der Waals surface area contributed by atoms with Gasteiger partial charge in [-0.15, -0.1) is 11.3 Å². The summed E-state index contributed by atoms with van der Waals surface area (Å²) in [6, 6.07) is 1.76. The normalized spacial score (nSPS) is 10.5. The molecule has 2 N–H and O–H groups in total. The molecule has 88 valence electrons. The van der Waals surface area contributed by atoms with Crippen molar-refractivity contribution in [3.05, 3.63) is 34.8 Å². The second-order valence-corrected chi connectivity index (χ2v) is 3.96. The number of nitrogens with zero attached hydrogens (tertiary/aromatic N) is 1. The van der Waals surface area contributed by atoms with Crippen molar-refractivity contribution in [2.24, 2.45) is 0 Å². The van der Waals surface area contributed by atoms with E-state index in [-0.39, 0.29) is 10.7 Å². The molecule has 0 saturated heterocycles. The maximum Gasteiger partial charge on any atom is 0.355 e. The number of hydrogen-bond acceptors (Lipinski definition) is 4. The fourth-order valence-corrected chi connectivity index (χ4v) is 2.06. The van der Waals surface area contributed by atoms with E-state index in [0.29, 0.717) is 0 Å². The molecule has 0 aliphatic rings. The van der Waals surface area contributed by atoms with E-state index in [1.54, 1.807) is 0 Å². The van der Waals surface area contributed by atoms with Gasteiger partial charge in [0.15, 0.2) is 17.3 Å². The van der Waals surface area contributed by atoms with Gasteiger partial charge in [0, 0.05) is 5.38 Å². The molecule has 0 radical (unpaired) electrons. The first kappa shape index (κ1) is 11.5. The zero-order valence-corrected chi connectivity index (χ0v) is 8.96. The minimum Gasteiger partial charge on any atom is -0.505 e. The molecule has 0 unspecified atom stereocenters. The molecule has 0 spiro atoms. The summed E-state index contributed by atoms with van der Waals surface area (Å²) in [6.45, 7) is 0. The zero-order chi connectivity index (χ0) is 12.6. The molecule has 0 amide bonds. The van der Waals surface area contributed by atoms with Crippen LogP contribution < -0.4 is 0 Å². The van der Waals surface area contributed by atoms with E-state index in [1.165, 1.54) is 5.38 Å². The number of aromatic hydroxyl groups is 1. The van der Waals surface area contributed by atoms with Crippen molar-refractivity contribution in [2.75, 3.05) is 0 Å². The Labute approximate surface area is 97.8 Å². The van der Waals surface area contributed by atoms with Gasteiger partial charge in [0.25, 0.3) is 0 Å². The first-order valence-electron chi connectivity index (χ1n) is 4.37. The van der Waals surface area contributed by atoms with Gasteiger partial charge in [-0.25, -0.2) is 18.6 Å². The number of halogens is 2. The third-order valence-corrected chi connectivity index (χ3v) is 2.87. The Morgan fingerprint density at radius 3 is 2.65 bits per heavy atom. The van der Waals surface area contributed by atoms with Crippen molar-refractivity contribution in [3.63, 3.8) is 0 Å². The number of aromatic nitrogens is 1. The highest BCUT2D eigenvalue weighted by Gasteiger charge is 2.19. The number of carboxylic acid groups (broad SMARTS) is 1. The summed E-state index contributed by atoms with van der Waals surface area (Å²) in [5.74, 6) is -4.06. The molecular formula is C10H5F2NO3S. The maximum atomic E-state index is 13.5. The highest BCUT2D eigenvalue weighted by Crippen LogP contribution is 2.32. The van der Waals surface area contributed by atoms with Crippen molar-refractivity contribution in [1.82, 2.24) is 4.98 Å². The van der Waals surface area contributed by atoms with E-state index in [9.17, 15) is 13.6 Å². The first-order valence-corrected chi connectivity index (χ1v) is 5.25. The molecule has 1 aromatic heterocycles. The van der Waals surface area contributed by atoms with Gasteiger partial charge < -0.3 is 10.2 Å². The molecule has 2 aromatic rings. The molecule has 4 nitrogen and oxygen atoms in total. The number of phenolic OH excluding ortho intramolecular Hbond substituents is 1. The van der Waals surface area contributed by atoms with E-state index in [0.717, 1.165) is 23.5 Å². The minimum absolute atomic E-state index is 0.131. The van der Waals surface area contributed by atoms with Crippen LogP contribution in [0.25, 0.3) is 10.6 Å². The third kappa shape index (κ3) is 1.96. The Morgan fingerprint density at radius 1 is 1.35 bits per heavy atom. The van der Waals surface area contributed by atoms with Crippen molar-refractivity contribution in [1.29, 1.82) is 0 Å². The summed E-state index contributed by atoms with van der Waals surface area (Å²) in [5.41, 5.74) is -0.824. The van der Waals surface area contributed by atoms with Crippen molar-refractivity contribution < 1.29 is 23.8 Å². The Balaban J connectivity index is 2.60. The monoisotopic (exact) mass is 257 g/mol. The summed E-state index contributed by atoms with van der Waals surface area (Å²) < 4.78 is 26.9. The second-order valence-electron chi connectivity index (χ2n) is 3.10. The topological polar surface area (TPSA) is 70.4 Å². The molecule has 2 rings (SSSR count). The van der Waals surface area contributed by atoms with Crippen LogP contribution in [0.1, 0.15) is 10.5 Å². The van der Waals surface area contributed by atoms with Gasteiger partial charge >= 0.3 is 5.97 Å². The predicted octanol–water partition coefficient (Wildman–Crippen LogP) is 2.49. The molecule has 0 aliphatic heterocycles. The Hall–Kier alpha value is -2.02. The van der Waals surface area contributed by atoms with E-state index >= 15 is 0 Å². The van der Waals surface area contributed by atoms with Gasteiger partial charge in [-0.05, 0) is 12.1 Å². The number of carbonyl (C=O) groups is 1. The quantitative estimate of drug-likeness (QED) is 0.867. The lowest BCUT2D eigenvalue weighted by atomic mass is 10.2. The van der Waals surface area contributed by atoms with Gasteiger partial charge in [0.1, 0.15) is 10.8 Å². The average Bonchev–Trinajstić information content (AvgIpc) is 2.73. The van der Waals surface area contributed by atoms with E-state index < -0.39 is 28.9 Å². The number of phenols is 1. The highest BCUT2D eigenvalue weighted by molar-refractivity contribution is 7.13. The lowest BCUT2D eigenvalue weighted by molar-refractivity contribution is 0.0691. The molecule has 17 heavy (non-hydrogen) atoms. The molecule has 7 heteroatoms. The van der Waals surface area contributed by atoms with Crippen LogP contribution in [0.3, 0.4) is 0 Å². The lowest BCUT2D eigenvalue weighted by Gasteiger charge is -2.02. The maximum absolute atomic E-state index is 13.5. The molecule has 0 atom stereocenters. The lowest BCUT2D eigenvalue weighted by Crippen LogP contribution is -1.97. The number of rotatable bonds is 2. The van der Waals surface area contributed by atoms with Gasteiger partial charge in [-0.3, -0.25) is 0 Å². The van der Waals surface area contributed by atoms with Crippen LogP contribution in [0, 0.1) is 11.6 Å². The van der Waals surface area contributed by atoms with Gasteiger partial charge in [-0.2, -0.15) is 0 Å². The number of hydrogen-bond donors (Lipinski definition) is 2. The molecule has 1 aromatic carbocycles. The predicted molar refractivity (Wildman–Crippen MR) is 56.1 cm³/mol. The molecular weight excluding hydrogens is 252 g/mol. The van der Waals surface area contributed by atoms with E-state index in [1.807, 2.05) is 0 Å². The number of aromatic carboxylic acids is 1. The van der Waals surface area contributed by atoms with Crippen LogP contribution in [0.15, 0.2) is 17.5 Å². The van der Waals surface area contributed by atoms with Crippen LogP contribution in [0.2, 0.25) is 0 Å². The van der Waals surface area contributed by atoms with Crippen molar-refractivity contribution >= 4 is 17.3 Å². The summed E-state index contributed by atoms with van der Waals surface area (Å²) in [6.07, 6.45) is 0. The minimum atomic E-state index is -1.28. The smallest absolute Gasteiger partial charge is 0.355 e. The van der Waals surface area contributed by atoms with Crippen molar-refractivity contribution in [2.45, 2.75) is 0 Å². The molecule has 0 bridgehead atoms. The first-order chi connectivity index (χ1) is 8.00. The van der Waals surface area contributed by atoms with Crippen LogP contribution in [0.5, 0.6) is 5.75 Å². The summed E-state index contributed by atoms with van der Waals surface area (Å²) in [7, 11) is 0. The van der Waals surface area contributed by atoms with Crippen LogP contribution in [-0.2, 0) is 0 Å². The standard InChI is InChI=1S/C10H5F2NO3S/c11-4-1-2-6(14)8(12)7(4)9-13-5(3-17-9)10(15)16/h1-3,14H,(H,15,16). The second kappa shape index (κ2) is 4.10. The Bertz CT molecular complexity index is 597. The van der Waals surface area contributed by atoms with Crippen LogP contribution >= 0.6 is 11.3 Å². The summed E-state index contributed by atoms with van der Waals surface area (Å²) in [4.78, 5) is 14.2. The number of carboxylic acids is 1. The van der Waals surface area contributed by atoms with E-state index in [4.69, 9.17) is 10.2 Å². The number of benzene rings is 1. The molecule has 1 heterocycles. The highest BCUT2D eigenvalue weighted by atomic mass is 32.1. The Morgan fingerprint density at radius 2 is 2.06 bits per heavy atom. The van der Waals surface area contributed by atoms with Crippen molar-refractivity contribution in [3.8, 4) is 16.3 Å². The summed E-state index contributed by atoms with van der Waals surface area (Å²) >= 11 is 0.785. The fourth-order valence-electron chi connectivity index (χ4n) is 1.22. The third-order valence-electron chi connectivity index (χ3n) is 2.01. The SMILES string of the molecule is O=C(O)c1csc(-c2c(F)ccc(O)c2F)n1. The average molecular weight is 257 g/mol. The zero-order valence-electron chi connectivity index (χ0n) is 8.15. The molecule has 0 fully saturated rings.